The van der Waals surface area contributed by atoms with Crippen molar-refractivity contribution in [2.45, 2.75) is 56.1 Å². The molecule has 49 heavy (non-hydrogen) atoms. The summed E-state index contributed by atoms with van der Waals surface area (Å²) in [6, 6.07) is 14.0. The van der Waals surface area contributed by atoms with E-state index in [2.05, 4.69) is 17.1 Å². The predicted molar refractivity (Wildman–Crippen MR) is 177 cm³/mol. The molecule has 2 saturated heterocycles. The maximum Gasteiger partial charge on any atom is 0.418 e. The van der Waals surface area contributed by atoms with Gasteiger partial charge in [-0.1, -0.05) is 36.8 Å². The number of alkyl halides is 3. The summed E-state index contributed by atoms with van der Waals surface area (Å²) in [5.74, 6) is 1.05. The summed E-state index contributed by atoms with van der Waals surface area (Å²) in [5.41, 5.74) is -1.21. The van der Waals surface area contributed by atoms with E-state index >= 15 is 0 Å². The molecule has 3 aromatic heterocycles. The number of aryl methyl sites for hydroxylation is 2. The molecule has 0 N–H and O–H groups in total. The fourth-order valence-corrected chi connectivity index (χ4v) is 8.60. The number of likely N-dealkylation sites (tertiary alicyclic amines) is 1. The maximum atomic E-state index is 14.9. The van der Waals surface area contributed by atoms with E-state index in [4.69, 9.17) is 4.74 Å². The molecule has 0 aliphatic carbocycles. The van der Waals surface area contributed by atoms with Crippen LogP contribution in [0.2, 0.25) is 0 Å². The Kier molecular flexibility index (Phi) is 8.31. The van der Waals surface area contributed by atoms with Gasteiger partial charge in [-0.3, -0.25) is 14.3 Å². The van der Waals surface area contributed by atoms with Gasteiger partial charge in [0.25, 0.3) is 15.6 Å². The summed E-state index contributed by atoms with van der Waals surface area (Å²) in [5, 5.41) is 7.71. The molecule has 10 nitrogen and oxygen atoms in total. The molecule has 0 amide bonds. The summed E-state index contributed by atoms with van der Waals surface area (Å²) in [7, 11) is -2.67. The van der Waals surface area contributed by atoms with Gasteiger partial charge in [-0.25, -0.2) is 12.4 Å². The van der Waals surface area contributed by atoms with Gasteiger partial charge in [0.1, 0.15) is 17.7 Å². The lowest BCUT2D eigenvalue weighted by atomic mass is 9.75. The molecular formula is C35H37F3N6O4S. The minimum atomic E-state index is -4.89. The van der Waals surface area contributed by atoms with Crippen molar-refractivity contribution in [3.05, 3.63) is 106 Å². The smallest absolute Gasteiger partial charge is 0.379 e. The van der Waals surface area contributed by atoms with Crippen molar-refractivity contribution in [2.24, 2.45) is 13.0 Å². The third-order valence-corrected chi connectivity index (χ3v) is 11.6. The molecule has 2 aliphatic heterocycles. The van der Waals surface area contributed by atoms with Gasteiger partial charge in [-0.05, 0) is 68.1 Å². The number of hydrogen-bond acceptors (Lipinski definition) is 7. The number of ether oxygens (including phenoxy) is 1. The Hall–Kier alpha value is -4.27. The Balaban J connectivity index is 1.45. The zero-order chi connectivity index (χ0) is 34.7. The van der Waals surface area contributed by atoms with Gasteiger partial charge in [0, 0.05) is 54.9 Å². The van der Waals surface area contributed by atoms with E-state index < -0.39 is 43.6 Å². The van der Waals surface area contributed by atoms with Crippen LogP contribution >= 0.6 is 0 Å². The molecule has 5 aromatic rings. The van der Waals surface area contributed by atoms with Crippen molar-refractivity contribution in [3.8, 4) is 5.69 Å². The second kappa shape index (κ2) is 12.3. The van der Waals surface area contributed by atoms with Crippen molar-refractivity contribution in [1.82, 2.24) is 28.2 Å². The predicted octanol–water partition coefficient (Wildman–Crippen LogP) is 5.23. The molecule has 0 spiro atoms. The minimum Gasteiger partial charge on any atom is -0.379 e. The zero-order valence-electron chi connectivity index (χ0n) is 27.4. The quantitative estimate of drug-likeness (QED) is 0.219. The van der Waals surface area contributed by atoms with E-state index in [1.807, 2.05) is 18.0 Å². The molecule has 14 heteroatoms. The number of rotatable bonds is 8. The lowest BCUT2D eigenvalue weighted by Gasteiger charge is -2.41. The topological polar surface area (TPSA) is 104 Å². The Morgan fingerprint density at radius 2 is 1.84 bits per heavy atom. The molecular weight excluding hydrogens is 657 g/mol. The van der Waals surface area contributed by atoms with Gasteiger partial charge in [-0.15, -0.1) is 10.2 Å². The van der Waals surface area contributed by atoms with E-state index in [1.54, 1.807) is 48.1 Å². The number of fused-ring (bicyclic) bond motifs is 1. The van der Waals surface area contributed by atoms with Crippen LogP contribution < -0.4 is 5.56 Å². The summed E-state index contributed by atoms with van der Waals surface area (Å²) in [4.78, 5) is 16.4. The van der Waals surface area contributed by atoms with E-state index in [0.717, 1.165) is 38.7 Å². The van der Waals surface area contributed by atoms with E-state index in [0.29, 0.717) is 44.5 Å². The highest BCUT2D eigenvalue weighted by Crippen LogP contribution is 2.39. The van der Waals surface area contributed by atoms with Gasteiger partial charge in [-0.2, -0.15) is 13.2 Å². The van der Waals surface area contributed by atoms with Crippen LogP contribution in [0, 0.1) is 12.8 Å². The van der Waals surface area contributed by atoms with Crippen molar-refractivity contribution in [1.29, 1.82) is 0 Å². The lowest BCUT2D eigenvalue weighted by molar-refractivity contribution is -0.136. The van der Waals surface area contributed by atoms with Crippen LogP contribution in [0.1, 0.15) is 48.0 Å². The summed E-state index contributed by atoms with van der Waals surface area (Å²) in [6.07, 6.45) is -0.166. The van der Waals surface area contributed by atoms with E-state index in [1.165, 1.54) is 18.2 Å². The molecule has 0 radical (unpaired) electrons. The van der Waals surface area contributed by atoms with Gasteiger partial charge < -0.3 is 9.30 Å². The standard InChI is InChI=1S/C35H37F3N6O4S/c1-23-9-11-28(12-10-23)49(46,47)44-27(18-42-13-5-6-24(2)17-42)15-29-30(35(36,37)38)19-43(33(45)32(29)44)26-8-4-7-25(14-26)34(20-48-21-34)16-31-40-39-22-41(31)3/h4,7-12,14-15,19,22,24H,5-6,13,16-18,20-21H2,1-3H3/t24-/m0/s1. The maximum absolute atomic E-state index is 14.9. The SMILES string of the molecule is Cc1ccc(S(=O)(=O)n2c(CN3CCC[C@H](C)C3)cc3c(C(F)(F)F)cn(-c4cccc(C5(Cc6nncn6C)COC5)c4)c(=O)c32)cc1. The molecule has 5 heterocycles. The fourth-order valence-electron chi connectivity index (χ4n) is 7.08. The highest BCUT2D eigenvalue weighted by atomic mass is 32.2. The van der Waals surface area contributed by atoms with Crippen molar-refractivity contribution < 1.29 is 26.3 Å². The average Bonchev–Trinajstić information content (AvgIpc) is 3.62. The molecule has 2 fully saturated rings. The first-order valence-electron chi connectivity index (χ1n) is 16.2. The highest BCUT2D eigenvalue weighted by molar-refractivity contribution is 7.90. The third kappa shape index (κ3) is 5.99. The number of benzene rings is 2. The van der Waals surface area contributed by atoms with Crippen LogP contribution in [0.3, 0.4) is 0 Å². The number of aromatic nitrogens is 5. The van der Waals surface area contributed by atoms with Crippen LogP contribution in [-0.2, 0) is 46.4 Å². The first-order chi connectivity index (χ1) is 23.3. The number of hydrogen-bond donors (Lipinski definition) is 0. The summed E-state index contributed by atoms with van der Waals surface area (Å²) in [6.45, 7) is 5.99. The Labute approximate surface area is 281 Å². The third-order valence-electron chi connectivity index (χ3n) is 9.79. The fraction of sp³-hybridized carbons (Fsp3) is 0.400. The molecule has 0 bridgehead atoms. The first kappa shape index (κ1) is 33.2. The molecule has 7 rings (SSSR count). The Bertz CT molecular complexity index is 2200. The Morgan fingerprint density at radius 1 is 1.08 bits per heavy atom. The molecule has 0 unspecified atom stereocenters. The largest absolute Gasteiger partial charge is 0.418 e. The van der Waals surface area contributed by atoms with Gasteiger partial charge in [0.15, 0.2) is 0 Å². The second-order valence-corrected chi connectivity index (χ2v) is 15.3. The van der Waals surface area contributed by atoms with Crippen LogP contribution in [-0.4, -0.2) is 62.9 Å². The monoisotopic (exact) mass is 694 g/mol. The minimum absolute atomic E-state index is 0.0703. The van der Waals surface area contributed by atoms with Crippen LogP contribution in [0.4, 0.5) is 13.2 Å². The highest BCUT2D eigenvalue weighted by Gasteiger charge is 2.42. The second-order valence-electron chi connectivity index (χ2n) is 13.5. The summed E-state index contributed by atoms with van der Waals surface area (Å²) >= 11 is 0. The summed E-state index contributed by atoms with van der Waals surface area (Å²) < 4.78 is 82.7. The molecule has 258 valence electrons. The van der Waals surface area contributed by atoms with Gasteiger partial charge in [0.2, 0.25) is 0 Å². The molecule has 2 aliphatic rings. The average molecular weight is 695 g/mol. The number of nitrogens with zero attached hydrogens (tertiary/aromatic N) is 6. The molecule has 0 saturated carbocycles. The van der Waals surface area contributed by atoms with Crippen LogP contribution in [0.25, 0.3) is 16.6 Å². The van der Waals surface area contributed by atoms with Gasteiger partial charge in [0.05, 0.1) is 23.7 Å². The number of halogens is 3. The number of pyridine rings is 1. The van der Waals surface area contributed by atoms with Crippen molar-refractivity contribution in [3.63, 3.8) is 0 Å². The normalized spacial score (nSPS) is 18.5. The zero-order valence-corrected chi connectivity index (χ0v) is 28.3. The number of piperidine rings is 1. The van der Waals surface area contributed by atoms with Crippen LogP contribution in [0.15, 0.2) is 76.8 Å². The first-order valence-corrected chi connectivity index (χ1v) is 17.6. The van der Waals surface area contributed by atoms with Crippen molar-refractivity contribution in [2.75, 3.05) is 26.3 Å². The van der Waals surface area contributed by atoms with Crippen LogP contribution in [0.5, 0.6) is 0 Å². The molecule has 1 atom stereocenters. The van der Waals surface area contributed by atoms with E-state index in [-0.39, 0.29) is 22.8 Å². The van der Waals surface area contributed by atoms with Crippen molar-refractivity contribution >= 4 is 20.9 Å². The lowest BCUT2D eigenvalue weighted by Crippen LogP contribution is -2.49. The van der Waals surface area contributed by atoms with E-state index in [9.17, 15) is 26.4 Å². The van der Waals surface area contributed by atoms with Gasteiger partial charge >= 0.3 is 6.18 Å². The molecule has 2 aromatic carbocycles. The Morgan fingerprint density at radius 3 is 2.47 bits per heavy atom.